The van der Waals surface area contributed by atoms with E-state index in [1.54, 1.807) is 6.07 Å². The van der Waals surface area contributed by atoms with E-state index < -0.39 is 6.10 Å². The second-order valence-electron chi connectivity index (χ2n) is 4.33. The highest BCUT2D eigenvalue weighted by Gasteiger charge is 2.09. The number of aliphatic hydroxyl groups excluding tert-OH is 2. The van der Waals surface area contributed by atoms with Crippen molar-refractivity contribution < 1.29 is 15.0 Å². The molecule has 3 N–H and O–H groups in total. The van der Waals surface area contributed by atoms with Gasteiger partial charge in [0.2, 0.25) is 0 Å². The van der Waals surface area contributed by atoms with Gasteiger partial charge in [0.15, 0.2) is 0 Å². The van der Waals surface area contributed by atoms with Gasteiger partial charge < -0.3 is 15.5 Å². The molecule has 0 spiro atoms. The zero-order valence-electron chi connectivity index (χ0n) is 10.2. The lowest BCUT2D eigenvalue weighted by atomic mass is 10.0. The lowest BCUT2D eigenvalue weighted by Crippen LogP contribution is -2.33. The molecule has 0 heterocycles. The van der Waals surface area contributed by atoms with E-state index in [-0.39, 0.29) is 19.1 Å². The van der Waals surface area contributed by atoms with Gasteiger partial charge in [0.1, 0.15) is 0 Å². The van der Waals surface area contributed by atoms with Crippen LogP contribution in [0, 0.1) is 0 Å². The Kier molecular flexibility index (Phi) is 5.12. The monoisotopic (exact) mass is 237 g/mol. The number of hydrogen-bond donors (Lipinski definition) is 3. The first kappa shape index (κ1) is 13.7. The molecule has 0 saturated carbocycles. The fourth-order valence-corrected chi connectivity index (χ4v) is 1.42. The summed E-state index contributed by atoms with van der Waals surface area (Å²) in [6, 6.07) is 7.38. The van der Waals surface area contributed by atoms with Crippen LogP contribution in [0.5, 0.6) is 0 Å². The first-order chi connectivity index (χ1) is 8.04. The summed E-state index contributed by atoms with van der Waals surface area (Å²) in [7, 11) is 0. The van der Waals surface area contributed by atoms with Crippen molar-refractivity contribution >= 4 is 5.91 Å². The minimum absolute atomic E-state index is 0.0568. The first-order valence-electron chi connectivity index (χ1n) is 5.71. The van der Waals surface area contributed by atoms with Crippen molar-refractivity contribution in [3.63, 3.8) is 0 Å². The number of hydrogen-bond acceptors (Lipinski definition) is 3. The van der Waals surface area contributed by atoms with Crippen LogP contribution in [0.25, 0.3) is 0 Å². The summed E-state index contributed by atoms with van der Waals surface area (Å²) < 4.78 is 0. The zero-order chi connectivity index (χ0) is 12.8. The minimum atomic E-state index is -0.910. The number of carbonyl (C=O) groups is 1. The Bertz CT molecular complexity index is 377. The van der Waals surface area contributed by atoms with Crippen molar-refractivity contribution in [3.05, 3.63) is 35.4 Å². The second-order valence-corrected chi connectivity index (χ2v) is 4.33. The Balaban J connectivity index is 2.66. The molecule has 0 aliphatic carbocycles. The van der Waals surface area contributed by atoms with Crippen LogP contribution in [0.15, 0.2) is 24.3 Å². The lowest BCUT2D eigenvalue weighted by molar-refractivity contribution is 0.0802. The zero-order valence-corrected chi connectivity index (χ0v) is 10.2. The fraction of sp³-hybridized carbons (Fsp3) is 0.462. The number of aliphatic hydroxyl groups is 2. The molecule has 1 aromatic rings. The fourth-order valence-electron chi connectivity index (χ4n) is 1.42. The highest BCUT2D eigenvalue weighted by Crippen LogP contribution is 2.15. The number of benzene rings is 1. The van der Waals surface area contributed by atoms with E-state index >= 15 is 0 Å². The molecule has 0 aromatic heterocycles. The Hall–Kier alpha value is -1.39. The summed E-state index contributed by atoms with van der Waals surface area (Å²) in [6.45, 7) is 3.83. The van der Waals surface area contributed by atoms with Gasteiger partial charge in [-0.1, -0.05) is 26.0 Å². The molecule has 0 aliphatic rings. The van der Waals surface area contributed by atoms with Gasteiger partial charge in [-0.15, -0.1) is 0 Å². The predicted molar refractivity (Wildman–Crippen MR) is 66.0 cm³/mol. The van der Waals surface area contributed by atoms with Crippen LogP contribution >= 0.6 is 0 Å². The van der Waals surface area contributed by atoms with Gasteiger partial charge in [0.05, 0.1) is 12.7 Å². The molecule has 1 aromatic carbocycles. The first-order valence-corrected chi connectivity index (χ1v) is 5.71. The number of amides is 1. The maximum Gasteiger partial charge on any atom is 0.251 e. The molecule has 0 saturated heterocycles. The number of rotatable bonds is 5. The number of nitrogens with one attached hydrogen (secondary N) is 1. The molecule has 1 amide bonds. The van der Waals surface area contributed by atoms with Crippen LogP contribution < -0.4 is 5.32 Å². The van der Waals surface area contributed by atoms with Gasteiger partial charge in [-0.3, -0.25) is 4.79 Å². The lowest BCUT2D eigenvalue weighted by Gasteiger charge is -2.10. The smallest absolute Gasteiger partial charge is 0.251 e. The van der Waals surface area contributed by atoms with E-state index in [0.29, 0.717) is 11.5 Å². The van der Waals surface area contributed by atoms with Crippen molar-refractivity contribution in [1.82, 2.24) is 5.32 Å². The summed E-state index contributed by atoms with van der Waals surface area (Å²) in [6.07, 6.45) is -0.910. The molecule has 0 radical (unpaired) electrons. The second kappa shape index (κ2) is 6.37. The Morgan fingerprint density at radius 2 is 2.12 bits per heavy atom. The minimum Gasteiger partial charge on any atom is -0.394 e. The van der Waals surface area contributed by atoms with E-state index in [4.69, 9.17) is 10.2 Å². The molecular formula is C13H19NO3. The van der Waals surface area contributed by atoms with E-state index in [1.807, 2.05) is 18.2 Å². The maximum atomic E-state index is 11.7. The molecule has 1 rings (SSSR count). The van der Waals surface area contributed by atoms with Crippen molar-refractivity contribution in [1.29, 1.82) is 0 Å². The average Bonchev–Trinajstić information content (AvgIpc) is 2.35. The molecule has 0 fully saturated rings. The van der Waals surface area contributed by atoms with Gasteiger partial charge >= 0.3 is 0 Å². The molecule has 4 heteroatoms. The van der Waals surface area contributed by atoms with Gasteiger partial charge in [-0.05, 0) is 23.6 Å². The third kappa shape index (κ3) is 4.17. The van der Waals surface area contributed by atoms with Crippen molar-refractivity contribution in [2.45, 2.75) is 25.9 Å². The maximum absolute atomic E-state index is 11.7. The van der Waals surface area contributed by atoms with E-state index in [1.165, 1.54) is 0 Å². The molecule has 94 valence electrons. The molecule has 0 aliphatic heterocycles. The van der Waals surface area contributed by atoms with Gasteiger partial charge in [-0.2, -0.15) is 0 Å². The van der Waals surface area contributed by atoms with Crippen molar-refractivity contribution in [2.24, 2.45) is 0 Å². The summed E-state index contributed by atoms with van der Waals surface area (Å²) in [5.41, 5.74) is 1.67. The summed E-state index contributed by atoms with van der Waals surface area (Å²) in [5.74, 6) is 0.130. The van der Waals surface area contributed by atoms with Crippen LogP contribution in [0.4, 0.5) is 0 Å². The van der Waals surface area contributed by atoms with Gasteiger partial charge in [-0.25, -0.2) is 0 Å². The molecule has 1 atom stereocenters. The summed E-state index contributed by atoms with van der Waals surface area (Å²) in [4.78, 5) is 11.7. The van der Waals surface area contributed by atoms with Crippen LogP contribution in [0.3, 0.4) is 0 Å². The van der Waals surface area contributed by atoms with Gasteiger partial charge in [0.25, 0.3) is 5.91 Å². The summed E-state index contributed by atoms with van der Waals surface area (Å²) in [5, 5.41) is 20.3. The van der Waals surface area contributed by atoms with Crippen molar-refractivity contribution in [3.8, 4) is 0 Å². The topological polar surface area (TPSA) is 69.6 Å². The van der Waals surface area contributed by atoms with E-state index in [0.717, 1.165) is 5.56 Å². The third-order valence-electron chi connectivity index (χ3n) is 2.52. The number of carbonyl (C=O) groups excluding carboxylic acids is 1. The van der Waals surface area contributed by atoms with E-state index in [9.17, 15) is 4.79 Å². The summed E-state index contributed by atoms with van der Waals surface area (Å²) >= 11 is 0. The van der Waals surface area contributed by atoms with Crippen molar-refractivity contribution in [2.75, 3.05) is 13.2 Å². The van der Waals surface area contributed by atoms with Crippen LogP contribution in [-0.4, -0.2) is 35.4 Å². The van der Waals surface area contributed by atoms with Crippen LogP contribution in [-0.2, 0) is 0 Å². The molecule has 17 heavy (non-hydrogen) atoms. The normalized spacial score (nSPS) is 12.5. The molecule has 4 nitrogen and oxygen atoms in total. The van der Waals surface area contributed by atoms with Crippen LogP contribution in [0.2, 0.25) is 0 Å². The third-order valence-corrected chi connectivity index (χ3v) is 2.52. The Morgan fingerprint density at radius 3 is 2.71 bits per heavy atom. The Labute approximate surface area is 101 Å². The largest absolute Gasteiger partial charge is 0.394 e. The van der Waals surface area contributed by atoms with Gasteiger partial charge in [0, 0.05) is 12.1 Å². The molecular weight excluding hydrogens is 218 g/mol. The average molecular weight is 237 g/mol. The highest BCUT2D eigenvalue weighted by molar-refractivity contribution is 5.94. The quantitative estimate of drug-likeness (QED) is 0.712. The van der Waals surface area contributed by atoms with E-state index in [2.05, 4.69) is 19.2 Å². The SMILES string of the molecule is CC(C)c1cccc(C(=O)NCC(O)CO)c1. The highest BCUT2D eigenvalue weighted by atomic mass is 16.3. The molecule has 1 unspecified atom stereocenters. The van der Waals surface area contributed by atoms with Crippen LogP contribution in [0.1, 0.15) is 35.7 Å². The predicted octanol–water partition coefficient (Wildman–Crippen LogP) is 0.893. The Morgan fingerprint density at radius 1 is 1.41 bits per heavy atom. The standard InChI is InChI=1S/C13H19NO3/c1-9(2)10-4-3-5-11(6-10)13(17)14-7-12(16)8-15/h3-6,9,12,15-16H,7-8H2,1-2H3,(H,14,17). The molecule has 0 bridgehead atoms.